The first-order valence-electron chi connectivity index (χ1n) is 5.74. The van der Waals surface area contributed by atoms with Crippen molar-refractivity contribution in [3.8, 4) is 0 Å². The number of nitrogens with one attached hydrogen (secondary N) is 2. The molecule has 20 heavy (non-hydrogen) atoms. The molecule has 8 heteroatoms. The molecule has 0 heterocycles. The van der Waals surface area contributed by atoms with Crippen molar-refractivity contribution >= 4 is 17.5 Å². The maximum atomic E-state index is 13.5. The van der Waals surface area contributed by atoms with Crippen LogP contribution in [-0.4, -0.2) is 38.6 Å². The molecule has 1 aromatic rings. The number of amides is 2. The number of ether oxygens (including phenoxy) is 1. The molecule has 0 aliphatic carbocycles. The van der Waals surface area contributed by atoms with Gasteiger partial charge in [0.25, 0.3) is 5.91 Å². The number of hydrogen-bond donors (Lipinski definition) is 3. The van der Waals surface area contributed by atoms with E-state index in [4.69, 9.17) is 10.5 Å². The lowest BCUT2D eigenvalue weighted by Gasteiger charge is -2.08. The zero-order valence-corrected chi connectivity index (χ0v) is 10.8. The fraction of sp³-hybridized carbons (Fsp3) is 0.333. The average molecular weight is 287 g/mol. The second-order valence-electron chi connectivity index (χ2n) is 3.88. The summed E-state index contributed by atoms with van der Waals surface area (Å²) in [6.07, 6.45) is 0. The lowest BCUT2D eigenvalue weighted by Crippen LogP contribution is -2.38. The van der Waals surface area contributed by atoms with Gasteiger partial charge in [-0.05, 0) is 12.1 Å². The van der Waals surface area contributed by atoms with Crippen molar-refractivity contribution < 1.29 is 23.1 Å². The number of benzene rings is 1. The van der Waals surface area contributed by atoms with Crippen molar-refractivity contribution in [1.82, 2.24) is 10.6 Å². The minimum Gasteiger partial charge on any atom is -0.396 e. The largest absolute Gasteiger partial charge is 0.396 e. The zero-order chi connectivity index (χ0) is 15.1. The highest BCUT2D eigenvalue weighted by Gasteiger charge is 2.16. The van der Waals surface area contributed by atoms with Crippen LogP contribution in [0.3, 0.4) is 0 Å². The molecule has 0 unspecified atom stereocenters. The van der Waals surface area contributed by atoms with Gasteiger partial charge in [0.2, 0.25) is 5.91 Å². The van der Waals surface area contributed by atoms with Crippen LogP contribution in [0.4, 0.5) is 14.5 Å². The number of carbonyl (C=O) groups is 2. The molecule has 0 aliphatic rings. The van der Waals surface area contributed by atoms with Gasteiger partial charge in [-0.2, -0.15) is 0 Å². The third-order valence-electron chi connectivity index (χ3n) is 2.35. The van der Waals surface area contributed by atoms with E-state index in [0.29, 0.717) is 12.7 Å². The second kappa shape index (κ2) is 7.39. The molecule has 0 aliphatic heterocycles. The summed E-state index contributed by atoms with van der Waals surface area (Å²) >= 11 is 0. The normalized spacial score (nSPS) is 10.2. The van der Waals surface area contributed by atoms with Crippen LogP contribution in [0.2, 0.25) is 0 Å². The van der Waals surface area contributed by atoms with E-state index < -0.39 is 34.7 Å². The fourth-order valence-corrected chi connectivity index (χ4v) is 1.39. The van der Waals surface area contributed by atoms with Crippen LogP contribution in [0.25, 0.3) is 0 Å². The summed E-state index contributed by atoms with van der Waals surface area (Å²) in [6.45, 7) is 0.250. The molecular formula is C12H15F2N3O3. The summed E-state index contributed by atoms with van der Waals surface area (Å²) in [5.41, 5.74) is 4.19. The van der Waals surface area contributed by atoms with Gasteiger partial charge < -0.3 is 21.1 Å². The summed E-state index contributed by atoms with van der Waals surface area (Å²) < 4.78 is 31.3. The Morgan fingerprint density at radius 3 is 2.65 bits per heavy atom. The lowest BCUT2D eigenvalue weighted by molar-refractivity contribution is -0.120. The van der Waals surface area contributed by atoms with E-state index >= 15 is 0 Å². The Kier molecular flexibility index (Phi) is 5.85. The first-order chi connectivity index (χ1) is 9.45. The van der Waals surface area contributed by atoms with Gasteiger partial charge in [-0.3, -0.25) is 9.59 Å². The number of anilines is 1. The summed E-state index contributed by atoms with van der Waals surface area (Å²) in [4.78, 5) is 22.9. The number of nitrogens with two attached hydrogens (primary N) is 1. The molecule has 1 rings (SSSR count). The van der Waals surface area contributed by atoms with Gasteiger partial charge in [-0.15, -0.1) is 0 Å². The molecule has 0 atom stereocenters. The van der Waals surface area contributed by atoms with Crippen LogP contribution in [0.5, 0.6) is 0 Å². The van der Waals surface area contributed by atoms with E-state index in [-0.39, 0.29) is 13.1 Å². The Hall–Kier alpha value is -2.22. The standard InChI is InChI=1S/C12H15F2N3O3/c1-20-3-2-16-10(18)6-17-12(19)8-4-7(13)5-9(15)11(8)14/h4-5H,2-3,6,15H2,1H3,(H,16,18)(H,17,19). The van der Waals surface area contributed by atoms with Gasteiger partial charge >= 0.3 is 0 Å². The van der Waals surface area contributed by atoms with E-state index in [1.165, 1.54) is 7.11 Å². The smallest absolute Gasteiger partial charge is 0.254 e. The predicted octanol–water partition coefficient (Wildman–Crippen LogP) is 0.0394. The van der Waals surface area contributed by atoms with E-state index in [0.717, 1.165) is 6.07 Å². The van der Waals surface area contributed by atoms with Gasteiger partial charge in [0.1, 0.15) is 5.82 Å². The molecular weight excluding hydrogens is 272 g/mol. The van der Waals surface area contributed by atoms with Gasteiger partial charge in [0, 0.05) is 13.7 Å². The van der Waals surface area contributed by atoms with Gasteiger partial charge in [0.15, 0.2) is 5.82 Å². The van der Waals surface area contributed by atoms with E-state index in [2.05, 4.69) is 10.6 Å². The molecule has 6 nitrogen and oxygen atoms in total. The quantitative estimate of drug-likeness (QED) is 0.508. The van der Waals surface area contributed by atoms with E-state index in [1.807, 2.05) is 0 Å². The minimum atomic E-state index is -1.02. The lowest BCUT2D eigenvalue weighted by atomic mass is 10.1. The average Bonchev–Trinajstić information content (AvgIpc) is 2.40. The van der Waals surface area contributed by atoms with Crippen LogP contribution in [-0.2, 0) is 9.53 Å². The molecule has 0 spiro atoms. The molecule has 0 bridgehead atoms. The van der Waals surface area contributed by atoms with Crippen LogP contribution >= 0.6 is 0 Å². The third kappa shape index (κ3) is 4.47. The summed E-state index contributed by atoms with van der Waals surface area (Å²) in [5, 5.41) is 4.62. The number of nitrogen functional groups attached to an aromatic ring is 1. The Labute approximate surface area is 114 Å². The predicted molar refractivity (Wildman–Crippen MR) is 68.0 cm³/mol. The fourth-order valence-electron chi connectivity index (χ4n) is 1.39. The first kappa shape index (κ1) is 15.8. The number of rotatable bonds is 6. The van der Waals surface area contributed by atoms with Crippen molar-refractivity contribution in [3.63, 3.8) is 0 Å². The minimum absolute atomic E-state index is 0.284. The maximum absolute atomic E-state index is 13.5. The highest BCUT2D eigenvalue weighted by molar-refractivity contribution is 5.97. The SMILES string of the molecule is COCCNC(=O)CNC(=O)c1cc(F)cc(N)c1F. The Bertz CT molecular complexity index is 509. The molecule has 0 saturated heterocycles. The molecule has 0 fully saturated rings. The molecule has 0 aromatic heterocycles. The number of halogens is 2. The van der Waals surface area contributed by atoms with E-state index in [1.54, 1.807) is 0 Å². The Balaban J connectivity index is 2.57. The maximum Gasteiger partial charge on any atom is 0.254 e. The van der Waals surface area contributed by atoms with Crippen molar-refractivity contribution in [2.24, 2.45) is 0 Å². The molecule has 4 N–H and O–H groups in total. The third-order valence-corrected chi connectivity index (χ3v) is 2.35. The van der Waals surface area contributed by atoms with Gasteiger partial charge in [-0.1, -0.05) is 0 Å². The van der Waals surface area contributed by atoms with E-state index in [9.17, 15) is 18.4 Å². The molecule has 110 valence electrons. The molecule has 2 amide bonds. The van der Waals surface area contributed by atoms with Crippen LogP contribution < -0.4 is 16.4 Å². The van der Waals surface area contributed by atoms with Crippen LogP contribution in [0.15, 0.2) is 12.1 Å². The van der Waals surface area contributed by atoms with Crippen molar-refractivity contribution in [2.75, 3.05) is 32.5 Å². The summed E-state index contributed by atoms with van der Waals surface area (Å²) in [5.74, 6) is -3.25. The van der Waals surface area contributed by atoms with Crippen molar-refractivity contribution in [1.29, 1.82) is 0 Å². The Morgan fingerprint density at radius 1 is 1.30 bits per heavy atom. The van der Waals surface area contributed by atoms with Gasteiger partial charge in [-0.25, -0.2) is 8.78 Å². The molecule has 0 radical (unpaired) electrons. The van der Waals surface area contributed by atoms with Crippen LogP contribution in [0.1, 0.15) is 10.4 Å². The van der Waals surface area contributed by atoms with Crippen molar-refractivity contribution in [2.45, 2.75) is 0 Å². The number of carbonyl (C=O) groups excluding carboxylic acids is 2. The number of methoxy groups -OCH3 is 1. The topological polar surface area (TPSA) is 93.5 Å². The monoisotopic (exact) mass is 287 g/mol. The van der Waals surface area contributed by atoms with Crippen molar-refractivity contribution in [3.05, 3.63) is 29.3 Å². The summed E-state index contributed by atoms with van der Waals surface area (Å²) in [7, 11) is 1.48. The summed E-state index contributed by atoms with van der Waals surface area (Å²) in [6, 6.07) is 1.48. The zero-order valence-electron chi connectivity index (χ0n) is 10.8. The first-order valence-corrected chi connectivity index (χ1v) is 5.74. The molecule has 1 aromatic carbocycles. The van der Waals surface area contributed by atoms with Crippen LogP contribution in [0, 0.1) is 11.6 Å². The molecule has 0 saturated carbocycles. The van der Waals surface area contributed by atoms with Gasteiger partial charge in [0.05, 0.1) is 24.4 Å². The second-order valence-corrected chi connectivity index (χ2v) is 3.88. The highest BCUT2D eigenvalue weighted by atomic mass is 19.1. The Morgan fingerprint density at radius 2 is 2.00 bits per heavy atom. The highest BCUT2D eigenvalue weighted by Crippen LogP contribution is 2.17. The number of hydrogen-bond acceptors (Lipinski definition) is 4.